The second-order valence-electron chi connectivity index (χ2n) is 5.90. The molecule has 1 aromatic carbocycles. The van der Waals surface area contributed by atoms with Crippen LogP contribution in [0.4, 0.5) is 10.5 Å². The molecule has 0 bridgehead atoms. The van der Waals surface area contributed by atoms with E-state index in [2.05, 4.69) is 10.6 Å². The maximum Gasteiger partial charge on any atom is 0.319 e. The number of amides is 3. The van der Waals surface area contributed by atoms with Gasteiger partial charge in [-0.1, -0.05) is 0 Å². The van der Waals surface area contributed by atoms with Crippen molar-refractivity contribution in [2.75, 3.05) is 18.4 Å². The van der Waals surface area contributed by atoms with Gasteiger partial charge in [0.2, 0.25) is 0 Å². The molecule has 5 heteroatoms. The van der Waals surface area contributed by atoms with Crippen LogP contribution in [0.5, 0.6) is 0 Å². The molecule has 2 aliphatic rings. The van der Waals surface area contributed by atoms with Crippen LogP contribution in [-0.4, -0.2) is 36.0 Å². The van der Waals surface area contributed by atoms with Crippen molar-refractivity contribution in [3.05, 3.63) is 29.3 Å². The predicted octanol–water partition coefficient (Wildman–Crippen LogP) is 2.51. The summed E-state index contributed by atoms with van der Waals surface area (Å²) in [6, 6.07) is 5.62. The van der Waals surface area contributed by atoms with Crippen molar-refractivity contribution < 1.29 is 9.59 Å². The molecule has 1 heterocycles. The minimum absolute atomic E-state index is 0.0876. The van der Waals surface area contributed by atoms with E-state index in [1.54, 1.807) is 6.07 Å². The van der Waals surface area contributed by atoms with Gasteiger partial charge in [0.15, 0.2) is 0 Å². The standard InChI is InChI=1S/C16H21N3O2/c1-11-10-12(15(20)19-8-2-3-9-19)4-7-14(11)18-16(21)17-13-5-6-13/h4,7,10,13H,2-3,5-6,8-9H2,1H3,(H2,17,18,21). The topological polar surface area (TPSA) is 61.4 Å². The Morgan fingerprint density at radius 1 is 1.19 bits per heavy atom. The van der Waals surface area contributed by atoms with Crippen molar-refractivity contribution >= 4 is 17.6 Å². The molecule has 0 spiro atoms. The Morgan fingerprint density at radius 2 is 1.90 bits per heavy atom. The summed E-state index contributed by atoms with van der Waals surface area (Å²) in [5, 5.41) is 5.73. The lowest BCUT2D eigenvalue weighted by atomic mass is 10.1. The molecule has 1 saturated heterocycles. The molecule has 21 heavy (non-hydrogen) atoms. The third-order valence-corrected chi connectivity index (χ3v) is 4.03. The molecule has 0 atom stereocenters. The summed E-state index contributed by atoms with van der Waals surface area (Å²) in [5.41, 5.74) is 2.36. The van der Waals surface area contributed by atoms with Gasteiger partial charge in [-0.2, -0.15) is 0 Å². The highest BCUT2D eigenvalue weighted by Crippen LogP contribution is 2.21. The summed E-state index contributed by atoms with van der Waals surface area (Å²) in [6.07, 6.45) is 4.31. The first-order valence-corrected chi connectivity index (χ1v) is 7.61. The van der Waals surface area contributed by atoms with Gasteiger partial charge in [0.1, 0.15) is 0 Å². The van der Waals surface area contributed by atoms with Gasteiger partial charge in [0.05, 0.1) is 0 Å². The second-order valence-corrected chi connectivity index (χ2v) is 5.90. The number of hydrogen-bond acceptors (Lipinski definition) is 2. The number of aryl methyl sites for hydroxylation is 1. The number of nitrogens with zero attached hydrogens (tertiary/aromatic N) is 1. The summed E-state index contributed by atoms with van der Waals surface area (Å²) in [7, 11) is 0. The minimum Gasteiger partial charge on any atom is -0.339 e. The second kappa shape index (κ2) is 5.76. The Hall–Kier alpha value is -2.04. The van der Waals surface area contributed by atoms with Crippen LogP contribution in [0.2, 0.25) is 0 Å². The Bertz CT molecular complexity index is 561. The normalized spacial score (nSPS) is 17.7. The highest BCUT2D eigenvalue weighted by molar-refractivity contribution is 5.96. The van der Waals surface area contributed by atoms with Crippen LogP contribution in [0, 0.1) is 6.92 Å². The maximum absolute atomic E-state index is 12.3. The van der Waals surface area contributed by atoms with E-state index < -0.39 is 0 Å². The molecule has 1 aliphatic heterocycles. The number of carbonyl (C=O) groups excluding carboxylic acids is 2. The molecular formula is C16H21N3O2. The van der Waals surface area contributed by atoms with E-state index in [9.17, 15) is 9.59 Å². The molecule has 5 nitrogen and oxygen atoms in total. The number of hydrogen-bond donors (Lipinski definition) is 2. The van der Waals surface area contributed by atoms with Crippen molar-refractivity contribution in [2.45, 2.75) is 38.6 Å². The first-order chi connectivity index (χ1) is 10.1. The van der Waals surface area contributed by atoms with Gasteiger partial charge >= 0.3 is 6.03 Å². The van der Waals surface area contributed by atoms with Gasteiger partial charge in [-0.05, 0) is 56.4 Å². The van der Waals surface area contributed by atoms with Gasteiger partial charge in [-0.3, -0.25) is 4.79 Å². The number of likely N-dealkylation sites (tertiary alicyclic amines) is 1. The monoisotopic (exact) mass is 287 g/mol. The van der Waals surface area contributed by atoms with Gasteiger partial charge < -0.3 is 15.5 Å². The molecule has 2 fully saturated rings. The van der Waals surface area contributed by atoms with E-state index in [0.29, 0.717) is 11.6 Å². The zero-order valence-corrected chi connectivity index (χ0v) is 12.3. The van der Waals surface area contributed by atoms with Crippen molar-refractivity contribution in [2.24, 2.45) is 0 Å². The zero-order valence-electron chi connectivity index (χ0n) is 12.3. The van der Waals surface area contributed by atoms with E-state index in [4.69, 9.17) is 0 Å². The molecule has 2 N–H and O–H groups in total. The fourth-order valence-electron chi connectivity index (χ4n) is 2.61. The van der Waals surface area contributed by atoms with Crippen LogP contribution in [-0.2, 0) is 0 Å². The Labute approximate surface area is 124 Å². The maximum atomic E-state index is 12.3. The van der Waals surface area contributed by atoms with Gasteiger partial charge in [-0.25, -0.2) is 4.79 Å². The molecule has 3 rings (SSSR count). The third kappa shape index (κ3) is 3.35. The van der Waals surface area contributed by atoms with Crippen LogP contribution in [0.1, 0.15) is 41.6 Å². The molecular weight excluding hydrogens is 266 g/mol. The molecule has 1 aliphatic carbocycles. The average molecular weight is 287 g/mol. The number of benzene rings is 1. The quantitative estimate of drug-likeness (QED) is 0.897. The minimum atomic E-state index is -0.167. The van der Waals surface area contributed by atoms with Crippen molar-refractivity contribution in [3.8, 4) is 0 Å². The van der Waals surface area contributed by atoms with E-state index in [1.807, 2.05) is 24.0 Å². The van der Waals surface area contributed by atoms with Crippen molar-refractivity contribution in [3.63, 3.8) is 0 Å². The van der Waals surface area contributed by atoms with E-state index in [1.165, 1.54) is 0 Å². The first-order valence-electron chi connectivity index (χ1n) is 7.61. The van der Waals surface area contributed by atoms with E-state index in [0.717, 1.165) is 50.0 Å². The van der Waals surface area contributed by atoms with Crippen LogP contribution in [0.25, 0.3) is 0 Å². The number of rotatable bonds is 3. The van der Waals surface area contributed by atoms with Crippen molar-refractivity contribution in [1.82, 2.24) is 10.2 Å². The predicted molar refractivity (Wildman–Crippen MR) is 81.5 cm³/mol. The number of carbonyl (C=O) groups is 2. The fraction of sp³-hybridized carbons (Fsp3) is 0.500. The molecule has 0 unspecified atom stereocenters. The summed E-state index contributed by atoms with van der Waals surface area (Å²) in [5.74, 6) is 0.0876. The fourth-order valence-corrected chi connectivity index (χ4v) is 2.61. The first kappa shape index (κ1) is 13.9. The van der Waals surface area contributed by atoms with Gasteiger partial charge in [-0.15, -0.1) is 0 Å². The van der Waals surface area contributed by atoms with E-state index >= 15 is 0 Å². The molecule has 0 radical (unpaired) electrons. The van der Waals surface area contributed by atoms with Crippen LogP contribution in [0.3, 0.4) is 0 Å². The Morgan fingerprint density at radius 3 is 2.52 bits per heavy atom. The highest BCUT2D eigenvalue weighted by atomic mass is 16.2. The molecule has 0 aromatic heterocycles. The SMILES string of the molecule is Cc1cc(C(=O)N2CCCC2)ccc1NC(=O)NC1CC1. The molecule has 112 valence electrons. The zero-order chi connectivity index (χ0) is 14.8. The molecule has 1 saturated carbocycles. The Kier molecular flexibility index (Phi) is 3.82. The summed E-state index contributed by atoms with van der Waals surface area (Å²) in [6.45, 7) is 3.61. The van der Waals surface area contributed by atoms with Gasteiger partial charge in [0.25, 0.3) is 5.91 Å². The average Bonchev–Trinajstić information content (AvgIpc) is 3.10. The number of nitrogens with one attached hydrogen (secondary N) is 2. The van der Waals surface area contributed by atoms with Crippen molar-refractivity contribution in [1.29, 1.82) is 0 Å². The lowest BCUT2D eigenvalue weighted by Gasteiger charge is -2.16. The largest absolute Gasteiger partial charge is 0.339 e. The molecule has 3 amide bonds. The summed E-state index contributed by atoms with van der Waals surface area (Å²) >= 11 is 0. The Balaban J connectivity index is 1.66. The third-order valence-electron chi connectivity index (χ3n) is 4.03. The van der Waals surface area contributed by atoms with Gasteiger partial charge in [0, 0.05) is 30.4 Å². The highest BCUT2D eigenvalue weighted by Gasteiger charge is 2.23. The van der Waals surface area contributed by atoms with Crippen LogP contribution in [0.15, 0.2) is 18.2 Å². The number of anilines is 1. The number of urea groups is 1. The van der Waals surface area contributed by atoms with E-state index in [-0.39, 0.29) is 11.9 Å². The molecule has 1 aromatic rings. The summed E-state index contributed by atoms with van der Waals surface area (Å²) in [4.78, 5) is 25.9. The van der Waals surface area contributed by atoms with Crippen LogP contribution >= 0.6 is 0 Å². The summed E-state index contributed by atoms with van der Waals surface area (Å²) < 4.78 is 0. The lowest BCUT2D eigenvalue weighted by Crippen LogP contribution is -2.31. The smallest absolute Gasteiger partial charge is 0.319 e. The lowest BCUT2D eigenvalue weighted by molar-refractivity contribution is 0.0792. The van der Waals surface area contributed by atoms with Crippen LogP contribution < -0.4 is 10.6 Å².